The fraction of sp³-hybridized carbons (Fsp3) is 0. The third-order valence-corrected chi connectivity index (χ3v) is 2.51. The minimum absolute atomic E-state index is 0.276. The van der Waals surface area contributed by atoms with Crippen molar-refractivity contribution in [1.82, 2.24) is 4.98 Å². The Bertz CT molecular complexity index is 522. The second-order valence-electron chi connectivity index (χ2n) is 3.40. The van der Waals surface area contributed by atoms with Crippen molar-refractivity contribution < 1.29 is 4.79 Å². The first-order valence-corrected chi connectivity index (χ1v) is 5.31. The Hall–Kier alpha value is -2.07. The molecule has 2 aromatic rings. The van der Waals surface area contributed by atoms with E-state index in [1.54, 1.807) is 42.7 Å². The molecule has 2 rings (SSSR count). The van der Waals surface area contributed by atoms with Gasteiger partial charge in [0.2, 0.25) is 0 Å². The first-order chi connectivity index (χ1) is 8.18. The highest BCUT2D eigenvalue weighted by Gasteiger charge is 2.13. The van der Waals surface area contributed by atoms with Crippen molar-refractivity contribution in [3.8, 4) is 0 Å². The summed E-state index contributed by atoms with van der Waals surface area (Å²) in [4.78, 5) is 15.8. The summed E-state index contributed by atoms with van der Waals surface area (Å²) in [5, 5.41) is 3.00. The van der Waals surface area contributed by atoms with Gasteiger partial charge in [-0.3, -0.25) is 9.78 Å². The van der Waals surface area contributed by atoms with Crippen molar-refractivity contribution >= 4 is 28.9 Å². The third-order valence-electron chi connectivity index (χ3n) is 2.19. The van der Waals surface area contributed by atoms with Gasteiger partial charge in [-0.25, -0.2) is 0 Å². The number of amides is 1. The molecule has 0 aliphatic heterocycles. The fourth-order valence-electron chi connectivity index (χ4n) is 1.41. The zero-order valence-electron chi connectivity index (χ0n) is 8.85. The lowest BCUT2D eigenvalue weighted by molar-refractivity contribution is 0.102. The first-order valence-electron chi connectivity index (χ1n) is 4.94. The topological polar surface area (TPSA) is 68.0 Å². The van der Waals surface area contributed by atoms with Crippen LogP contribution in [-0.2, 0) is 0 Å². The van der Waals surface area contributed by atoms with Crippen LogP contribution in [0.2, 0.25) is 5.02 Å². The van der Waals surface area contributed by atoms with Crippen LogP contribution in [0.1, 0.15) is 10.4 Å². The molecule has 0 spiro atoms. The summed E-state index contributed by atoms with van der Waals surface area (Å²) < 4.78 is 0. The van der Waals surface area contributed by atoms with E-state index >= 15 is 0 Å². The van der Waals surface area contributed by atoms with Crippen molar-refractivity contribution in [3.05, 3.63) is 53.3 Å². The van der Waals surface area contributed by atoms with Crippen LogP contribution < -0.4 is 11.1 Å². The van der Waals surface area contributed by atoms with Crippen LogP contribution in [0.15, 0.2) is 42.7 Å². The van der Waals surface area contributed by atoms with Crippen molar-refractivity contribution in [3.63, 3.8) is 0 Å². The van der Waals surface area contributed by atoms with Crippen LogP contribution in [0, 0.1) is 0 Å². The van der Waals surface area contributed by atoms with Crippen LogP contribution in [0.5, 0.6) is 0 Å². The van der Waals surface area contributed by atoms with E-state index < -0.39 is 0 Å². The molecule has 0 radical (unpaired) electrons. The summed E-state index contributed by atoms with van der Waals surface area (Å²) in [6.45, 7) is 0. The van der Waals surface area contributed by atoms with E-state index in [-0.39, 0.29) is 11.5 Å². The number of hydrogen-bond acceptors (Lipinski definition) is 3. The smallest absolute Gasteiger partial charge is 0.259 e. The second-order valence-corrected chi connectivity index (χ2v) is 3.81. The minimum atomic E-state index is -0.346. The van der Waals surface area contributed by atoms with Crippen LogP contribution >= 0.6 is 11.6 Å². The number of anilines is 2. The van der Waals surface area contributed by atoms with Crippen LogP contribution in [0.3, 0.4) is 0 Å². The number of aromatic nitrogens is 1. The molecule has 1 heterocycles. The summed E-state index contributed by atoms with van der Waals surface area (Å²) in [5.74, 6) is -0.346. The maximum Gasteiger partial charge on any atom is 0.259 e. The van der Waals surface area contributed by atoms with E-state index in [0.29, 0.717) is 16.4 Å². The SMILES string of the molecule is Nc1cccc(Cl)c1C(=O)Nc1cccnc1. The third kappa shape index (κ3) is 2.54. The summed E-state index contributed by atoms with van der Waals surface area (Å²) in [6, 6.07) is 8.40. The second kappa shape index (κ2) is 4.84. The highest BCUT2D eigenvalue weighted by atomic mass is 35.5. The Balaban J connectivity index is 2.27. The monoisotopic (exact) mass is 247 g/mol. The molecule has 0 unspecified atom stereocenters. The molecule has 0 atom stereocenters. The van der Waals surface area contributed by atoms with Gasteiger partial charge in [-0.2, -0.15) is 0 Å². The van der Waals surface area contributed by atoms with Gasteiger partial charge in [0.15, 0.2) is 0 Å². The Morgan fingerprint density at radius 1 is 1.29 bits per heavy atom. The Morgan fingerprint density at radius 2 is 2.12 bits per heavy atom. The molecule has 0 bridgehead atoms. The van der Waals surface area contributed by atoms with Crippen molar-refractivity contribution in [1.29, 1.82) is 0 Å². The molecule has 0 saturated heterocycles. The number of nitrogens with two attached hydrogens (primary N) is 1. The zero-order chi connectivity index (χ0) is 12.3. The van der Waals surface area contributed by atoms with Gasteiger partial charge in [-0.05, 0) is 24.3 Å². The van der Waals surface area contributed by atoms with Crippen molar-refractivity contribution in [2.45, 2.75) is 0 Å². The van der Waals surface area contributed by atoms with E-state index in [1.165, 1.54) is 0 Å². The lowest BCUT2D eigenvalue weighted by atomic mass is 10.1. The highest BCUT2D eigenvalue weighted by molar-refractivity contribution is 6.35. The maximum absolute atomic E-state index is 12.0. The number of nitrogens with zero attached hydrogens (tertiary/aromatic N) is 1. The van der Waals surface area contributed by atoms with Crippen LogP contribution in [0.4, 0.5) is 11.4 Å². The Labute approximate surface area is 103 Å². The van der Waals surface area contributed by atoms with E-state index in [0.717, 1.165) is 0 Å². The molecule has 17 heavy (non-hydrogen) atoms. The molecule has 0 fully saturated rings. The molecule has 3 N–H and O–H groups in total. The van der Waals surface area contributed by atoms with Crippen molar-refractivity contribution in [2.24, 2.45) is 0 Å². The molecular formula is C12H10ClN3O. The van der Waals surface area contributed by atoms with Gasteiger partial charge in [0.05, 0.1) is 22.5 Å². The van der Waals surface area contributed by atoms with E-state index in [2.05, 4.69) is 10.3 Å². The first kappa shape index (κ1) is 11.4. The number of hydrogen-bond donors (Lipinski definition) is 2. The van der Waals surface area contributed by atoms with Gasteiger partial charge in [-0.15, -0.1) is 0 Å². The number of nitrogen functional groups attached to an aromatic ring is 1. The maximum atomic E-state index is 12.0. The van der Waals surface area contributed by atoms with Gasteiger partial charge in [0.1, 0.15) is 0 Å². The molecular weight excluding hydrogens is 238 g/mol. The molecule has 5 heteroatoms. The normalized spacial score (nSPS) is 9.94. The molecule has 0 aliphatic rings. The van der Waals surface area contributed by atoms with Gasteiger partial charge in [0.25, 0.3) is 5.91 Å². The average molecular weight is 248 g/mol. The lowest BCUT2D eigenvalue weighted by Crippen LogP contribution is -2.14. The largest absolute Gasteiger partial charge is 0.398 e. The van der Waals surface area contributed by atoms with E-state index in [9.17, 15) is 4.79 Å². The van der Waals surface area contributed by atoms with Crippen molar-refractivity contribution in [2.75, 3.05) is 11.1 Å². The molecule has 1 aromatic heterocycles. The number of nitrogens with one attached hydrogen (secondary N) is 1. The Morgan fingerprint density at radius 3 is 2.76 bits per heavy atom. The molecule has 4 nitrogen and oxygen atoms in total. The van der Waals surface area contributed by atoms with Gasteiger partial charge < -0.3 is 11.1 Å². The number of halogens is 1. The Kier molecular flexibility index (Phi) is 3.25. The number of benzene rings is 1. The van der Waals surface area contributed by atoms with Gasteiger partial charge >= 0.3 is 0 Å². The van der Waals surface area contributed by atoms with Crippen LogP contribution in [-0.4, -0.2) is 10.9 Å². The summed E-state index contributed by atoms with van der Waals surface area (Å²) in [7, 11) is 0. The molecule has 1 aromatic carbocycles. The van der Waals surface area contributed by atoms with E-state index in [4.69, 9.17) is 17.3 Å². The summed E-state index contributed by atoms with van der Waals surface area (Å²) >= 11 is 5.93. The lowest BCUT2D eigenvalue weighted by Gasteiger charge is -2.08. The fourth-order valence-corrected chi connectivity index (χ4v) is 1.68. The van der Waals surface area contributed by atoms with Crippen LogP contribution in [0.25, 0.3) is 0 Å². The standard InChI is InChI=1S/C12H10ClN3O/c13-9-4-1-5-10(14)11(9)12(17)16-8-3-2-6-15-7-8/h1-7H,14H2,(H,16,17). The molecule has 0 aliphatic carbocycles. The highest BCUT2D eigenvalue weighted by Crippen LogP contribution is 2.22. The number of rotatable bonds is 2. The number of pyridine rings is 1. The number of carbonyl (C=O) groups is 1. The van der Waals surface area contributed by atoms with Gasteiger partial charge in [0, 0.05) is 11.9 Å². The number of carbonyl (C=O) groups excluding carboxylic acids is 1. The quantitative estimate of drug-likeness (QED) is 0.802. The van der Waals surface area contributed by atoms with Gasteiger partial charge in [-0.1, -0.05) is 17.7 Å². The average Bonchev–Trinajstić information content (AvgIpc) is 2.30. The predicted octanol–water partition coefficient (Wildman–Crippen LogP) is 2.57. The summed E-state index contributed by atoms with van der Waals surface area (Å²) in [6.07, 6.45) is 3.17. The molecule has 0 saturated carbocycles. The molecule has 1 amide bonds. The molecule has 86 valence electrons. The zero-order valence-corrected chi connectivity index (χ0v) is 9.61. The minimum Gasteiger partial charge on any atom is -0.398 e. The van der Waals surface area contributed by atoms with E-state index in [1.807, 2.05) is 0 Å². The predicted molar refractivity (Wildman–Crippen MR) is 68.1 cm³/mol. The summed E-state index contributed by atoms with van der Waals surface area (Å²) in [5.41, 5.74) is 6.93.